The number of nitrogens with one attached hydrogen (secondary N) is 1. The van der Waals surface area contributed by atoms with Gasteiger partial charge in [-0.1, -0.05) is 60.2 Å². The van der Waals surface area contributed by atoms with E-state index >= 15 is 0 Å². The molecule has 0 aliphatic carbocycles. The lowest BCUT2D eigenvalue weighted by Crippen LogP contribution is -2.25. The maximum atomic E-state index is 12.7. The molecule has 158 valence electrons. The van der Waals surface area contributed by atoms with Crippen molar-refractivity contribution in [2.24, 2.45) is 0 Å². The van der Waals surface area contributed by atoms with Crippen LogP contribution in [0, 0.1) is 0 Å². The van der Waals surface area contributed by atoms with E-state index in [1.807, 2.05) is 42.5 Å². The second-order valence-electron chi connectivity index (χ2n) is 8.02. The fourth-order valence-electron chi connectivity index (χ4n) is 2.87. The normalized spacial score (nSPS) is 11.4. The zero-order valence-electron chi connectivity index (χ0n) is 17.7. The molecule has 3 rings (SSSR count). The average Bonchev–Trinajstić information content (AvgIpc) is 2.72. The number of carbonyl (C=O) groups excluding carboxylic acids is 2. The third kappa shape index (κ3) is 6.56. The first kappa shape index (κ1) is 22.3. The van der Waals surface area contributed by atoms with Crippen LogP contribution in [0.3, 0.4) is 0 Å². The van der Waals surface area contributed by atoms with Gasteiger partial charge in [-0.3, -0.25) is 4.79 Å². The highest BCUT2D eigenvalue weighted by Gasteiger charge is 2.21. The third-order valence-electron chi connectivity index (χ3n) is 4.26. The third-order valence-corrected chi connectivity index (χ3v) is 4.50. The Kier molecular flexibility index (Phi) is 6.93. The minimum absolute atomic E-state index is 0.291. The molecule has 5 heteroatoms. The Balaban J connectivity index is 1.93. The highest BCUT2D eigenvalue weighted by molar-refractivity contribution is 6.30. The van der Waals surface area contributed by atoms with Gasteiger partial charge in [0.1, 0.15) is 5.60 Å². The van der Waals surface area contributed by atoms with Crippen molar-refractivity contribution >= 4 is 41.3 Å². The molecule has 1 N–H and O–H groups in total. The number of anilines is 1. The van der Waals surface area contributed by atoms with Gasteiger partial charge in [0.05, 0.1) is 11.3 Å². The molecule has 0 bridgehead atoms. The lowest BCUT2D eigenvalue weighted by molar-refractivity contribution is 0.00708. The van der Waals surface area contributed by atoms with E-state index in [2.05, 4.69) is 5.32 Å². The molecule has 0 saturated carbocycles. The molecule has 3 aromatic carbocycles. The molecule has 0 atom stereocenters. The van der Waals surface area contributed by atoms with Gasteiger partial charge in [-0.2, -0.15) is 0 Å². The molecule has 0 aromatic heterocycles. The Labute approximate surface area is 187 Å². The van der Waals surface area contributed by atoms with Gasteiger partial charge >= 0.3 is 5.97 Å². The Morgan fingerprint density at radius 1 is 0.871 bits per heavy atom. The van der Waals surface area contributed by atoms with Gasteiger partial charge in [-0.05, 0) is 68.3 Å². The average molecular weight is 434 g/mol. The number of amides is 1. The van der Waals surface area contributed by atoms with E-state index in [0.29, 0.717) is 21.8 Å². The summed E-state index contributed by atoms with van der Waals surface area (Å²) in [5.41, 5.74) is 2.28. The molecule has 0 spiro atoms. The smallest absolute Gasteiger partial charge is 0.340 e. The van der Waals surface area contributed by atoms with Crippen LogP contribution in [0.4, 0.5) is 5.69 Å². The van der Waals surface area contributed by atoms with Crippen LogP contribution < -0.4 is 5.32 Å². The molecule has 0 radical (unpaired) electrons. The van der Waals surface area contributed by atoms with Gasteiger partial charge in [-0.15, -0.1) is 0 Å². The molecule has 0 heterocycles. The first-order valence-corrected chi connectivity index (χ1v) is 10.3. The first-order valence-electron chi connectivity index (χ1n) is 9.89. The van der Waals surface area contributed by atoms with Gasteiger partial charge < -0.3 is 10.1 Å². The highest BCUT2D eigenvalue weighted by atomic mass is 35.5. The summed E-state index contributed by atoms with van der Waals surface area (Å²) >= 11 is 6.04. The predicted octanol–water partition coefficient (Wildman–Crippen LogP) is 6.72. The molecule has 31 heavy (non-hydrogen) atoms. The number of halogens is 1. The molecule has 4 nitrogen and oxygen atoms in total. The SMILES string of the molecule is CC(C)(C)OC(=O)c1ccc(/C=C/c2cccc(Cl)c2)cc1NC(=O)c1ccccc1. The summed E-state index contributed by atoms with van der Waals surface area (Å²) in [6, 6.07) is 21.5. The highest BCUT2D eigenvalue weighted by Crippen LogP contribution is 2.24. The van der Waals surface area contributed by atoms with Crippen molar-refractivity contribution < 1.29 is 14.3 Å². The van der Waals surface area contributed by atoms with Crippen molar-refractivity contribution in [1.29, 1.82) is 0 Å². The lowest BCUT2D eigenvalue weighted by atomic mass is 10.1. The van der Waals surface area contributed by atoms with Gasteiger partial charge in [-0.25, -0.2) is 4.79 Å². The summed E-state index contributed by atoms with van der Waals surface area (Å²) in [5.74, 6) is -0.803. The Hall–Kier alpha value is -3.37. The van der Waals surface area contributed by atoms with Gasteiger partial charge in [0, 0.05) is 10.6 Å². The zero-order chi connectivity index (χ0) is 22.4. The maximum absolute atomic E-state index is 12.7. The lowest BCUT2D eigenvalue weighted by Gasteiger charge is -2.21. The Bertz CT molecular complexity index is 1110. The van der Waals surface area contributed by atoms with Crippen LogP contribution in [0.15, 0.2) is 72.8 Å². The Morgan fingerprint density at radius 2 is 1.55 bits per heavy atom. The van der Waals surface area contributed by atoms with Crippen molar-refractivity contribution in [3.05, 3.63) is 100 Å². The number of ether oxygens (including phenoxy) is 1. The van der Waals surface area contributed by atoms with E-state index < -0.39 is 11.6 Å². The van der Waals surface area contributed by atoms with Crippen LogP contribution >= 0.6 is 11.6 Å². The van der Waals surface area contributed by atoms with E-state index in [9.17, 15) is 9.59 Å². The van der Waals surface area contributed by atoms with Gasteiger partial charge in [0.25, 0.3) is 5.91 Å². The van der Waals surface area contributed by atoms with Crippen molar-refractivity contribution in [2.45, 2.75) is 26.4 Å². The molecular weight excluding hydrogens is 410 g/mol. The molecule has 0 saturated heterocycles. The number of esters is 1. The second-order valence-corrected chi connectivity index (χ2v) is 8.45. The van der Waals surface area contributed by atoms with E-state index in [1.54, 1.807) is 63.2 Å². The molecule has 1 amide bonds. The summed E-state index contributed by atoms with van der Waals surface area (Å²) in [6.45, 7) is 5.40. The summed E-state index contributed by atoms with van der Waals surface area (Å²) in [4.78, 5) is 25.4. The van der Waals surface area contributed by atoms with E-state index in [1.165, 1.54) is 0 Å². The maximum Gasteiger partial charge on any atom is 0.340 e. The van der Waals surface area contributed by atoms with Crippen LogP contribution in [0.1, 0.15) is 52.6 Å². The predicted molar refractivity (Wildman–Crippen MR) is 126 cm³/mol. The number of hydrogen-bond donors (Lipinski definition) is 1. The quantitative estimate of drug-likeness (QED) is 0.359. The van der Waals surface area contributed by atoms with Crippen LogP contribution in [0.2, 0.25) is 5.02 Å². The van der Waals surface area contributed by atoms with E-state index in [-0.39, 0.29) is 5.91 Å². The molecule has 0 aliphatic heterocycles. The minimum Gasteiger partial charge on any atom is -0.456 e. The van der Waals surface area contributed by atoms with E-state index in [4.69, 9.17) is 16.3 Å². The van der Waals surface area contributed by atoms with Gasteiger partial charge in [0.2, 0.25) is 0 Å². The molecule has 3 aromatic rings. The fourth-order valence-corrected chi connectivity index (χ4v) is 3.07. The summed E-state index contributed by atoms with van der Waals surface area (Å²) in [5, 5.41) is 3.50. The number of hydrogen-bond acceptors (Lipinski definition) is 3. The van der Waals surface area contributed by atoms with Crippen molar-refractivity contribution in [3.63, 3.8) is 0 Å². The molecular formula is C26H24ClNO3. The van der Waals surface area contributed by atoms with Crippen LogP contribution in [0.5, 0.6) is 0 Å². The standard InChI is InChI=1S/C26H24ClNO3/c1-26(2,3)31-25(30)22-15-14-19(13-12-18-8-7-11-21(27)16-18)17-23(22)28-24(29)20-9-5-4-6-10-20/h4-17H,1-3H3,(H,28,29)/b13-12+. The fraction of sp³-hybridized carbons (Fsp3) is 0.154. The minimum atomic E-state index is -0.650. The Morgan fingerprint density at radius 3 is 2.19 bits per heavy atom. The van der Waals surface area contributed by atoms with Gasteiger partial charge in [0.15, 0.2) is 0 Å². The number of benzene rings is 3. The number of carbonyl (C=O) groups is 2. The van der Waals surface area contributed by atoms with Crippen LogP contribution in [-0.2, 0) is 4.74 Å². The van der Waals surface area contributed by atoms with Crippen LogP contribution in [0.25, 0.3) is 12.2 Å². The summed E-state index contributed by atoms with van der Waals surface area (Å²) in [7, 11) is 0. The molecule has 0 unspecified atom stereocenters. The van der Waals surface area contributed by atoms with Crippen LogP contribution in [-0.4, -0.2) is 17.5 Å². The topological polar surface area (TPSA) is 55.4 Å². The molecule has 0 fully saturated rings. The molecule has 0 aliphatic rings. The van der Waals surface area contributed by atoms with E-state index in [0.717, 1.165) is 11.1 Å². The monoisotopic (exact) mass is 433 g/mol. The van der Waals surface area contributed by atoms with Crippen molar-refractivity contribution in [1.82, 2.24) is 0 Å². The second kappa shape index (κ2) is 9.63. The first-order chi connectivity index (χ1) is 14.7. The van der Waals surface area contributed by atoms with Crippen molar-refractivity contribution in [2.75, 3.05) is 5.32 Å². The zero-order valence-corrected chi connectivity index (χ0v) is 18.4. The largest absolute Gasteiger partial charge is 0.456 e. The summed E-state index contributed by atoms with van der Waals surface area (Å²) in [6.07, 6.45) is 3.81. The van der Waals surface area contributed by atoms with Crippen molar-refractivity contribution in [3.8, 4) is 0 Å². The number of rotatable bonds is 5. The summed E-state index contributed by atoms with van der Waals surface area (Å²) < 4.78 is 5.51.